The molecule has 0 fully saturated rings. The van der Waals surface area contributed by atoms with Crippen LogP contribution in [0.1, 0.15) is 22.8 Å². The first-order valence-electron chi connectivity index (χ1n) is 9.02. The van der Waals surface area contributed by atoms with Gasteiger partial charge >= 0.3 is 0 Å². The summed E-state index contributed by atoms with van der Waals surface area (Å²) >= 11 is 1.54. The lowest BCUT2D eigenvalue weighted by atomic mass is 9.88. The minimum absolute atomic E-state index is 0.101. The lowest BCUT2D eigenvalue weighted by molar-refractivity contribution is -0.116. The van der Waals surface area contributed by atoms with Gasteiger partial charge in [-0.3, -0.25) is 4.79 Å². The number of anilines is 1. The van der Waals surface area contributed by atoms with Crippen molar-refractivity contribution >= 4 is 22.9 Å². The van der Waals surface area contributed by atoms with Crippen LogP contribution in [-0.2, 0) is 4.79 Å². The average Bonchev–Trinajstić information content (AvgIpc) is 3.15. The number of ether oxygens (including phenoxy) is 3. The van der Waals surface area contributed by atoms with E-state index in [-0.39, 0.29) is 24.1 Å². The van der Waals surface area contributed by atoms with E-state index in [0.29, 0.717) is 17.2 Å². The van der Waals surface area contributed by atoms with Gasteiger partial charge in [0.25, 0.3) is 0 Å². The monoisotopic (exact) mass is 413 g/mol. The van der Waals surface area contributed by atoms with Gasteiger partial charge in [-0.25, -0.2) is 4.39 Å². The second-order valence-corrected chi connectivity index (χ2v) is 7.56. The van der Waals surface area contributed by atoms with Crippen LogP contribution in [0.3, 0.4) is 0 Å². The molecule has 3 aromatic rings. The van der Waals surface area contributed by atoms with Crippen LogP contribution in [0, 0.1) is 5.82 Å². The maximum atomic E-state index is 13.7. The molecule has 29 heavy (non-hydrogen) atoms. The third-order valence-electron chi connectivity index (χ3n) is 5.04. The highest BCUT2D eigenvalue weighted by atomic mass is 32.1. The SMILES string of the molecule is COc1cc(OC)c([C@H]2CC(=O)Nc3c(-c4cccc(F)c4)csc32)cc1OC. The summed E-state index contributed by atoms with van der Waals surface area (Å²) in [5.74, 6) is 1.12. The molecule has 1 aromatic heterocycles. The third kappa shape index (κ3) is 3.42. The number of benzene rings is 2. The molecular formula is C22H20FNO4S. The summed E-state index contributed by atoms with van der Waals surface area (Å²) in [6, 6.07) is 9.98. The van der Waals surface area contributed by atoms with Crippen molar-refractivity contribution in [3.8, 4) is 28.4 Å². The molecule has 0 aliphatic carbocycles. The van der Waals surface area contributed by atoms with Crippen LogP contribution in [-0.4, -0.2) is 27.2 Å². The summed E-state index contributed by atoms with van der Waals surface area (Å²) in [5, 5.41) is 4.92. The van der Waals surface area contributed by atoms with E-state index < -0.39 is 0 Å². The molecule has 1 aliphatic rings. The summed E-state index contributed by atoms with van der Waals surface area (Å²) < 4.78 is 30.1. The van der Waals surface area contributed by atoms with Gasteiger partial charge in [-0.15, -0.1) is 11.3 Å². The van der Waals surface area contributed by atoms with Gasteiger partial charge in [0.05, 0.1) is 27.0 Å². The average molecular weight is 413 g/mol. The van der Waals surface area contributed by atoms with Crippen LogP contribution in [0.5, 0.6) is 17.2 Å². The van der Waals surface area contributed by atoms with E-state index >= 15 is 0 Å². The normalized spacial score (nSPS) is 15.4. The number of carbonyl (C=O) groups is 1. The van der Waals surface area contributed by atoms with Crippen LogP contribution in [0.25, 0.3) is 11.1 Å². The summed E-state index contributed by atoms with van der Waals surface area (Å²) in [6.07, 6.45) is 0.280. The van der Waals surface area contributed by atoms with Gasteiger partial charge in [-0.1, -0.05) is 12.1 Å². The smallest absolute Gasteiger partial charge is 0.225 e. The highest BCUT2D eigenvalue weighted by Gasteiger charge is 2.33. The molecule has 2 heterocycles. The first kappa shape index (κ1) is 19.3. The molecule has 4 rings (SSSR count). The maximum Gasteiger partial charge on any atom is 0.225 e. The number of hydrogen-bond donors (Lipinski definition) is 1. The Hall–Kier alpha value is -3.06. The number of amides is 1. The molecule has 1 N–H and O–H groups in total. The molecule has 7 heteroatoms. The molecule has 0 unspecified atom stereocenters. The fraction of sp³-hybridized carbons (Fsp3) is 0.227. The Morgan fingerprint density at radius 1 is 1.03 bits per heavy atom. The zero-order valence-corrected chi connectivity index (χ0v) is 17.1. The fourth-order valence-electron chi connectivity index (χ4n) is 3.67. The Morgan fingerprint density at radius 2 is 1.76 bits per heavy atom. The molecule has 1 atom stereocenters. The van der Waals surface area contributed by atoms with E-state index in [1.165, 1.54) is 23.5 Å². The first-order valence-corrected chi connectivity index (χ1v) is 9.90. The molecule has 0 saturated heterocycles. The van der Waals surface area contributed by atoms with Crippen molar-refractivity contribution in [2.75, 3.05) is 26.6 Å². The van der Waals surface area contributed by atoms with Gasteiger partial charge in [-0.2, -0.15) is 0 Å². The van der Waals surface area contributed by atoms with Crippen LogP contribution in [0.2, 0.25) is 0 Å². The lowest BCUT2D eigenvalue weighted by Crippen LogP contribution is -2.22. The molecule has 1 aliphatic heterocycles. The summed E-state index contributed by atoms with van der Waals surface area (Å²) in [5.41, 5.74) is 3.09. The van der Waals surface area contributed by atoms with E-state index in [4.69, 9.17) is 14.2 Å². The number of hydrogen-bond acceptors (Lipinski definition) is 5. The summed E-state index contributed by atoms with van der Waals surface area (Å²) in [4.78, 5) is 13.6. The van der Waals surface area contributed by atoms with E-state index in [9.17, 15) is 9.18 Å². The Balaban J connectivity index is 1.86. The first-order chi connectivity index (χ1) is 14.0. The molecule has 1 amide bonds. The highest BCUT2D eigenvalue weighted by molar-refractivity contribution is 7.11. The van der Waals surface area contributed by atoms with Crippen molar-refractivity contribution in [3.63, 3.8) is 0 Å². The molecule has 2 aromatic carbocycles. The highest BCUT2D eigenvalue weighted by Crippen LogP contribution is 2.50. The van der Waals surface area contributed by atoms with Crippen LogP contribution in [0.4, 0.5) is 10.1 Å². The minimum atomic E-state index is -0.317. The number of halogens is 1. The van der Waals surface area contributed by atoms with E-state index in [0.717, 1.165) is 27.3 Å². The van der Waals surface area contributed by atoms with Crippen molar-refractivity contribution in [2.24, 2.45) is 0 Å². The van der Waals surface area contributed by atoms with Crippen molar-refractivity contribution < 1.29 is 23.4 Å². The van der Waals surface area contributed by atoms with Gasteiger partial charge in [0.15, 0.2) is 11.5 Å². The Morgan fingerprint density at radius 3 is 2.45 bits per heavy atom. The predicted molar refractivity (Wildman–Crippen MR) is 111 cm³/mol. The zero-order valence-electron chi connectivity index (χ0n) is 16.2. The van der Waals surface area contributed by atoms with E-state index in [2.05, 4.69) is 5.32 Å². The fourth-order valence-corrected chi connectivity index (χ4v) is 4.82. The molecule has 150 valence electrons. The Bertz CT molecular complexity index is 1080. The zero-order chi connectivity index (χ0) is 20.5. The number of thiophene rings is 1. The second-order valence-electron chi connectivity index (χ2n) is 6.65. The standard InChI is InChI=1S/C22H20FNO4S/c1-26-17-10-19(28-3)18(27-2)8-14(17)15-9-20(25)24-21-16(11-29-22(15)21)12-5-4-6-13(23)7-12/h4-8,10-11,15H,9H2,1-3H3,(H,24,25)/t15-/m1/s1. The van der Waals surface area contributed by atoms with Crippen molar-refractivity contribution in [3.05, 3.63) is 58.0 Å². The summed E-state index contributed by atoms with van der Waals surface area (Å²) in [7, 11) is 4.72. The predicted octanol–water partition coefficient (Wildman–Crippen LogP) is 5.05. The molecule has 0 bridgehead atoms. The topological polar surface area (TPSA) is 56.8 Å². The largest absolute Gasteiger partial charge is 0.496 e. The lowest BCUT2D eigenvalue weighted by Gasteiger charge is -2.26. The van der Waals surface area contributed by atoms with Gasteiger partial charge in [0, 0.05) is 39.8 Å². The maximum absolute atomic E-state index is 13.7. The van der Waals surface area contributed by atoms with Crippen molar-refractivity contribution in [1.82, 2.24) is 0 Å². The molecule has 0 saturated carbocycles. The van der Waals surface area contributed by atoms with Gasteiger partial charge in [0.1, 0.15) is 11.6 Å². The number of rotatable bonds is 5. The van der Waals surface area contributed by atoms with Crippen molar-refractivity contribution in [2.45, 2.75) is 12.3 Å². The number of methoxy groups -OCH3 is 3. The number of nitrogens with one attached hydrogen (secondary N) is 1. The van der Waals surface area contributed by atoms with Gasteiger partial charge in [0.2, 0.25) is 5.91 Å². The van der Waals surface area contributed by atoms with E-state index in [1.54, 1.807) is 33.5 Å². The third-order valence-corrected chi connectivity index (χ3v) is 6.13. The van der Waals surface area contributed by atoms with Crippen LogP contribution < -0.4 is 19.5 Å². The molecule has 5 nitrogen and oxygen atoms in total. The number of fused-ring (bicyclic) bond motifs is 1. The molecule has 0 spiro atoms. The second kappa shape index (κ2) is 7.75. The molecule has 0 radical (unpaired) electrons. The molecular weight excluding hydrogens is 393 g/mol. The van der Waals surface area contributed by atoms with Crippen LogP contribution >= 0.6 is 11.3 Å². The van der Waals surface area contributed by atoms with Crippen LogP contribution in [0.15, 0.2) is 41.8 Å². The Kier molecular flexibility index (Phi) is 5.15. The van der Waals surface area contributed by atoms with E-state index in [1.807, 2.05) is 17.5 Å². The Labute approximate surface area is 172 Å². The quantitative estimate of drug-likeness (QED) is 0.636. The summed E-state index contributed by atoms with van der Waals surface area (Å²) in [6.45, 7) is 0. The minimum Gasteiger partial charge on any atom is -0.496 e. The van der Waals surface area contributed by atoms with Crippen molar-refractivity contribution in [1.29, 1.82) is 0 Å². The van der Waals surface area contributed by atoms with Gasteiger partial charge in [-0.05, 0) is 23.8 Å². The number of carbonyl (C=O) groups excluding carboxylic acids is 1. The van der Waals surface area contributed by atoms with Gasteiger partial charge < -0.3 is 19.5 Å².